The molecule has 0 aromatic heterocycles. The lowest BCUT2D eigenvalue weighted by molar-refractivity contribution is -0.141. The number of carbonyl (C=O) groups is 2. The van der Waals surface area contributed by atoms with Crippen LogP contribution in [-0.4, -0.2) is 74.7 Å². The molecule has 2 saturated carbocycles. The maximum Gasteiger partial charge on any atom is 0.267 e. The molecule has 2 aliphatic carbocycles. The van der Waals surface area contributed by atoms with Crippen LogP contribution in [-0.2, 0) is 19.4 Å². The van der Waals surface area contributed by atoms with Crippen LogP contribution in [0, 0.1) is 11.8 Å². The average Bonchev–Trinajstić information content (AvgIpc) is 3.19. The van der Waals surface area contributed by atoms with E-state index in [9.17, 15) is 26.8 Å². The summed E-state index contributed by atoms with van der Waals surface area (Å²) in [7, 11) is -3.81. The predicted octanol–water partition coefficient (Wildman–Crippen LogP) is 1.01. The number of sulfone groups is 1. The Hall–Kier alpha value is -2.30. The lowest BCUT2D eigenvalue weighted by atomic mass is 9.93. The van der Waals surface area contributed by atoms with Crippen LogP contribution in [0.2, 0.25) is 0 Å². The third-order valence-electron chi connectivity index (χ3n) is 6.83. The SMILES string of the molecule is C=NCC1(NC(=O)[C@@H]2C[C@H](S(=O)(=O)C3=CC=CCN3)C[C@H]2C(=O)N2CCC(F)(F)C2)CC1. The standard InChI is InChI=1S/C21H28F2N4O4S/c1-24-12-20(5-6-20)26-18(28)15-10-14(32(30,31)17-4-2-3-8-25-17)11-16(15)19(29)27-9-7-21(22,23)13-27/h2-4,14-16,25H,1,5-13H2,(H,26,28)/t14-,15+,16+/m0/s1. The van der Waals surface area contributed by atoms with E-state index in [4.69, 9.17) is 0 Å². The summed E-state index contributed by atoms with van der Waals surface area (Å²) in [5.74, 6) is -5.82. The molecule has 3 atom stereocenters. The largest absolute Gasteiger partial charge is 0.372 e. The zero-order valence-corrected chi connectivity index (χ0v) is 18.5. The number of likely N-dealkylation sites (tertiary alicyclic amines) is 1. The first kappa shape index (κ1) is 22.9. The first-order chi connectivity index (χ1) is 15.1. The van der Waals surface area contributed by atoms with E-state index in [0.29, 0.717) is 13.1 Å². The van der Waals surface area contributed by atoms with Crippen LogP contribution in [0.5, 0.6) is 0 Å². The Balaban J connectivity index is 1.57. The Morgan fingerprint density at radius 2 is 1.97 bits per heavy atom. The minimum absolute atomic E-state index is 0.0326. The van der Waals surface area contributed by atoms with Crippen molar-refractivity contribution in [3.05, 3.63) is 23.3 Å². The third-order valence-corrected chi connectivity index (χ3v) is 8.99. The molecule has 0 spiro atoms. The number of hydrogen-bond acceptors (Lipinski definition) is 6. The summed E-state index contributed by atoms with van der Waals surface area (Å²) in [4.78, 5) is 31.2. The van der Waals surface area contributed by atoms with Gasteiger partial charge in [0, 0.05) is 19.5 Å². The van der Waals surface area contributed by atoms with Crippen LogP contribution in [0.25, 0.3) is 0 Å². The van der Waals surface area contributed by atoms with Gasteiger partial charge in [-0.3, -0.25) is 14.6 Å². The topological polar surface area (TPSA) is 108 Å². The molecule has 4 aliphatic rings. The van der Waals surface area contributed by atoms with Gasteiger partial charge in [-0.25, -0.2) is 17.2 Å². The van der Waals surface area contributed by atoms with Crippen LogP contribution in [0.1, 0.15) is 32.1 Å². The number of nitrogens with one attached hydrogen (secondary N) is 2. The molecule has 0 radical (unpaired) electrons. The second-order valence-corrected chi connectivity index (χ2v) is 11.4. The van der Waals surface area contributed by atoms with Crippen molar-refractivity contribution in [1.82, 2.24) is 15.5 Å². The van der Waals surface area contributed by atoms with Gasteiger partial charge in [0.2, 0.25) is 11.8 Å². The molecule has 32 heavy (non-hydrogen) atoms. The van der Waals surface area contributed by atoms with Gasteiger partial charge in [0.05, 0.1) is 35.7 Å². The first-order valence-corrected chi connectivity index (χ1v) is 12.4. The quantitative estimate of drug-likeness (QED) is 0.540. The van der Waals surface area contributed by atoms with E-state index in [0.717, 1.165) is 17.7 Å². The summed E-state index contributed by atoms with van der Waals surface area (Å²) >= 11 is 0. The van der Waals surface area contributed by atoms with Gasteiger partial charge in [-0.15, -0.1) is 0 Å². The molecule has 176 valence electrons. The molecule has 0 bridgehead atoms. The minimum atomic E-state index is -3.81. The van der Waals surface area contributed by atoms with Gasteiger partial charge in [0.15, 0.2) is 9.84 Å². The van der Waals surface area contributed by atoms with Crippen molar-refractivity contribution >= 4 is 28.4 Å². The molecule has 0 aromatic carbocycles. The fraction of sp³-hybridized carbons (Fsp3) is 0.667. The summed E-state index contributed by atoms with van der Waals surface area (Å²) in [6.45, 7) is 3.37. The van der Waals surface area contributed by atoms with E-state index < -0.39 is 63.2 Å². The number of dihydropyridines is 1. The van der Waals surface area contributed by atoms with Crippen molar-refractivity contribution in [1.29, 1.82) is 0 Å². The Kier molecular flexibility index (Phi) is 5.89. The fourth-order valence-electron chi connectivity index (χ4n) is 4.82. The Morgan fingerprint density at radius 3 is 2.53 bits per heavy atom. The highest BCUT2D eigenvalue weighted by Crippen LogP contribution is 2.42. The van der Waals surface area contributed by atoms with Gasteiger partial charge in [-0.1, -0.05) is 12.2 Å². The number of aliphatic imine (C=N–C) groups is 1. The van der Waals surface area contributed by atoms with Crippen molar-refractivity contribution in [2.75, 3.05) is 26.2 Å². The van der Waals surface area contributed by atoms with Crippen molar-refractivity contribution < 1.29 is 26.8 Å². The van der Waals surface area contributed by atoms with Crippen LogP contribution >= 0.6 is 0 Å². The van der Waals surface area contributed by atoms with E-state index in [1.54, 1.807) is 12.2 Å². The molecule has 0 unspecified atom stereocenters. The van der Waals surface area contributed by atoms with Gasteiger partial charge in [-0.2, -0.15) is 0 Å². The number of hydrogen-bond donors (Lipinski definition) is 2. The van der Waals surface area contributed by atoms with Crippen LogP contribution in [0.3, 0.4) is 0 Å². The van der Waals surface area contributed by atoms with Crippen LogP contribution in [0.15, 0.2) is 28.2 Å². The lowest BCUT2D eigenvalue weighted by Gasteiger charge is -2.25. The van der Waals surface area contributed by atoms with Crippen molar-refractivity contribution in [3.8, 4) is 0 Å². The number of halogens is 2. The first-order valence-electron chi connectivity index (χ1n) is 10.8. The zero-order valence-electron chi connectivity index (χ0n) is 17.7. The summed E-state index contributed by atoms with van der Waals surface area (Å²) in [6.07, 6.45) is 5.79. The highest BCUT2D eigenvalue weighted by atomic mass is 32.2. The average molecular weight is 471 g/mol. The molecule has 11 heteroatoms. The van der Waals surface area contributed by atoms with Gasteiger partial charge >= 0.3 is 0 Å². The third kappa shape index (κ3) is 4.44. The van der Waals surface area contributed by atoms with Gasteiger partial charge in [0.25, 0.3) is 5.92 Å². The second-order valence-electron chi connectivity index (χ2n) is 9.21. The van der Waals surface area contributed by atoms with Crippen molar-refractivity contribution in [2.24, 2.45) is 16.8 Å². The zero-order chi connectivity index (χ0) is 23.1. The number of alkyl halides is 2. The van der Waals surface area contributed by atoms with E-state index in [1.807, 2.05) is 0 Å². The maximum absolute atomic E-state index is 13.7. The van der Waals surface area contributed by atoms with E-state index in [-0.39, 0.29) is 24.4 Å². The Bertz CT molecular complexity index is 974. The van der Waals surface area contributed by atoms with Crippen molar-refractivity contribution in [2.45, 2.75) is 48.8 Å². The highest BCUT2D eigenvalue weighted by molar-refractivity contribution is 7.95. The highest BCUT2D eigenvalue weighted by Gasteiger charge is 2.53. The summed E-state index contributed by atoms with van der Waals surface area (Å²) in [5.41, 5.74) is -0.498. The molecule has 0 aromatic rings. The molecular weight excluding hydrogens is 442 g/mol. The normalized spacial score (nSPS) is 30.4. The molecule has 2 amide bonds. The number of nitrogens with zero attached hydrogens (tertiary/aromatic N) is 2. The summed E-state index contributed by atoms with van der Waals surface area (Å²) in [6, 6.07) is 0. The lowest BCUT2D eigenvalue weighted by Crippen LogP contribution is -2.46. The number of carbonyl (C=O) groups excluding carboxylic acids is 2. The fourth-order valence-corrected chi connectivity index (χ4v) is 6.66. The Morgan fingerprint density at radius 1 is 1.25 bits per heavy atom. The molecule has 2 N–H and O–H groups in total. The van der Waals surface area contributed by atoms with Crippen molar-refractivity contribution in [3.63, 3.8) is 0 Å². The second kappa shape index (κ2) is 8.24. The maximum atomic E-state index is 13.7. The summed E-state index contributed by atoms with van der Waals surface area (Å²) in [5, 5.41) is 4.86. The van der Waals surface area contributed by atoms with Crippen LogP contribution in [0.4, 0.5) is 8.78 Å². The van der Waals surface area contributed by atoms with Gasteiger partial charge < -0.3 is 15.5 Å². The number of amides is 2. The molecule has 2 aliphatic heterocycles. The van der Waals surface area contributed by atoms with E-state index >= 15 is 0 Å². The smallest absolute Gasteiger partial charge is 0.267 e. The molecule has 2 heterocycles. The number of allylic oxidation sites excluding steroid dienone is 2. The van der Waals surface area contributed by atoms with Gasteiger partial charge in [0.1, 0.15) is 5.03 Å². The molecule has 8 nitrogen and oxygen atoms in total. The predicted molar refractivity (Wildman–Crippen MR) is 115 cm³/mol. The van der Waals surface area contributed by atoms with Gasteiger partial charge in [-0.05, 0) is 38.5 Å². The number of rotatable bonds is 7. The summed E-state index contributed by atoms with van der Waals surface area (Å²) < 4.78 is 53.8. The van der Waals surface area contributed by atoms with Crippen LogP contribution < -0.4 is 10.6 Å². The van der Waals surface area contributed by atoms with E-state index in [2.05, 4.69) is 22.3 Å². The monoisotopic (exact) mass is 470 g/mol. The Labute approximate surface area is 186 Å². The molecule has 1 saturated heterocycles. The molecular formula is C21H28F2N4O4S. The molecule has 4 rings (SSSR count). The van der Waals surface area contributed by atoms with E-state index in [1.165, 1.54) is 6.08 Å². The molecule has 3 fully saturated rings. The minimum Gasteiger partial charge on any atom is -0.372 e.